The quantitative estimate of drug-likeness (QED) is 0.234. The first kappa shape index (κ1) is 26.7. The van der Waals surface area contributed by atoms with Crippen molar-refractivity contribution in [3.05, 3.63) is 68.4 Å². The Balaban J connectivity index is 1.36. The molecule has 2 aromatic rings. The highest BCUT2D eigenvalue weighted by molar-refractivity contribution is 7.99. The first-order valence-corrected chi connectivity index (χ1v) is 13.0. The molecule has 3 aliphatic heterocycles. The number of carbonyl (C=O) groups excluding carboxylic acids is 1. The lowest BCUT2D eigenvalue weighted by molar-refractivity contribution is -0.173. The predicted molar refractivity (Wildman–Crippen MR) is 133 cm³/mol. The van der Waals surface area contributed by atoms with Crippen LogP contribution in [0.4, 0.5) is 17.6 Å². The van der Waals surface area contributed by atoms with Crippen molar-refractivity contribution in [2.24, 2.45) is 4.40 Å². The fraction of sp³-hybridized carbons (Fsp3) is 0.440. The van der Waals surface area contributed by atoms with E-state index >= 15 is 0 Å². The SMILES string of the molecule is CC(C)OCC(=O)N1CC2(C1)OCc1cc(C3=NS[C@@](c4cc(Cl)c(F)c(Cl)c4)(C(F)(F)F)C3)ccc12. The molecule has 12 heteroatoms. The number of fused-ring (bicyclic) bond motifs is 2. The van der Waals surface area contributed by atoms with E-state index in [1.807, 2.05) is 19.9 Å². The number of benzene rings is 2. The molecule has 5 nitrogen and oxygen atoms in total. The smallest absolute Gasteiger partial charge is 0.369 e. The summed E-state index contributed by atoms with van der Waals surface area (Å²) in [5.74, 6) is -1.08. The lowest BCUT2D eigenvalue weighted by Gasteiger charge is -2.47. The lowest BCUT2D eigenvalue weighted by atomic mass is 9.83. The Morgan fingerprint density at radius 2 is 1.89 bits per heavy atom. The number of alkyl halides is 3. The van der Waals surface area contributed by atoms with Gasteiger partial charge in [-0.15, -0.1) is 0 Å². The Morgan fingerprint density at radius 1 is 1.22 bits per heavy atom. The van der Waals surface area contributed by atoms with Crippen molar-refractivity contribution < 1.29 is 31.8 Å². The minimum Gasteiger partial charge on any atom is -0.369 e. The molecule has 0 bridgehead atoms. The molecule has 0 unspecified atom stereocenters. The fourth-order valence-electron chi connectivity index (χ4n) is 4.82. The molecule has 1 saturated heterocycles. The minimum atomic E-state index is -4.71. The second-order valence-electron chi connectivity index (χ2n) is 9.65. The number of halogens is 6. The third-order valence-corrected chi connectivity index (χ3v) is 8.64. The van der Waals surface area contributed by atoms with Crippen LogP contribution in [-0.2, 0) is 31.2 Å². The standard InChI is InChI=1S/C25H22Cl2F4N2O3S/c1-13(2)35-10-21(34)33-11-23(12-33)17-4-3-14(5-15(17)9-36-23)20-8-24(37-32-20,25(29,30)31)16-6-18(26)22(28)19(27)7-16/h3-7,13H,8-12H2,1-2H3/t24-/m0/s1. The number of amides is 1. The van der Waals surface area contributed by atoms with Gasteiger partial charge in [0.05, 0.1) is 41.6 Å². The molecule has 1 spiro atoms. The summed E-state index contributed by atoms with van der Waals surface area (Å²) in [6, 6.07) is 7.25. The van der Waals surface area contributed by atoms with Crippen molar-refractivity contribution in [2.45, 2.75) is 49.5 Å². The topological polar surface area (TPSA) is 51.1 Å². The summed E-state index contributed by atoms with van der Waals surface area (Å²) >= 11 is 12.0. The second-order valence-corrected chi connectivity index (χ2v) is 11.5. The zero-order valence-corrected chi connectivity index (χ0v) is 22.1. The molecule has 1 fully saturated rings. The van der Waals surface area contributed by atoms with E-state index in [9.17, 15) is 22.4 Å². The van der Waals surface area contributed by atoms with Crippen LogP contribution < -0.4 is 0 Å². The molecular weight excluding hydrogens is 555 g/mol. The van der Waals surface area contributed by atoms with Gasteiger partial charge in [0.1, 0.15) is 12.2 Å². The summed E-state index contributed by atoms with van der Waals surface area (Å²) in [6.07, 6.45) is -5.23. The van der Waals surface area contributed by atoms with E-state index < -0.39 is 38.8 Å². The average molecular weight is 577 g/mol. The predicted octanol–water partition coefficient (Wildman–Crippen LogP) is 6.42. The van der Waals surface area contributed by atoms with E-state index in [-0.39, 0.29) is 36.5 Å². The molecule has 1 amide bonds. The fourth-order valence-corrected chi connectivity index (χ4v) is 6.27. The van der Waals surface area contributed by atoms with Crippen molar-refractivity contribution in [3.63, 3.8) is 0 Å². The van der Waals surface area contributed by atoms with Gasteiger partial charge in [-0.2, -0.15) is 13.2 Å². The molecule has 0 aliphatic carbocycles. The number of likely N-dealkylation sites (tertiary alicyclic amines) is 1. The second kappa shape index (κ2) is 9.41. The highest BCUT2D eigenvalue weighted by Gasteiger charge is 2.60. The van der Waals surface area contributed by atoms with Crippen LogP contribution in [0, 0.1) is 5.82 Å². The highest BCUT2D eigenvalue weighted by atomic mass is 35.5. The molecule has 0 aromatic heterocycles. The van der Waals surface area contributed by atoms with E-state index in [1.54, 1.807) is 17.0 Å². The summed E-state index contributed by atoms with van der Waals surface area (Å²) in [6.45, 7) is 4.77. The molecular formula is C25H22Cl2F4N2O3S. The van der Waals surface area contributed by atoms with Crippen LogP contribution in [-0.4, -0.2) is 48.5 Å². The van der Waals surface area contributed by atoms with Gasteiger partial charge < -0.3 is 14.4 Å². The maximum absolute atomic E-state index is 14.4. The maximum atomic E-state index is 14.4. The van der Waals surface area contributed by atoms with Gasteiger partial charge in [0.15, 0.2) is 10.6 Å². The summed E-state index contributed by atoms with van der Waals surface area (Å²) in [5.41, 5.74) is 1.66. The van der Waals surface area contributed by atoms with E-state index in [2.05, 4.69) is 4.40 Å². The number of carbonyl (C=O) groups is 1. The Kier molecular flexibility index (Phi) is 6.80. The molecule has 198 valence electrons. The monoisotopic (exact) mass is 576 g/mol. The van der Waals surface area contributed by atoms with Gasteiger partial charge in [0, 0.05) is 6.42 Å². The molecule has 37 heavy (non-hydrogen) atoms. The molecule has 3 aliphatic rings. The van der Waals surface area contributed by atoms with Crippen molar-refractivity contribution in [3.8, 4) is 0 Å². The zero-order chi connectivity index (χ0) is 26.8. The van der Waals surface area contributed by atoms with Gasteiger partial charge in [0.25, 0.3) is 0 Å². The van der Waals surface area contributed by atoms with Gasteiger partial charge in [-0.1, -0.05) is 35.3 Å². The van der Waals surface area contributed by atoms with E-state index in [0.717, 1.165) is 23.3 Å². The number of ether oxygens (including phenoxy) is 2. The van der Waals surface area contributed by atoms with Crippen LogP contribution in [0.15, 0.2) is 34.7 Å². The highest BCUT2D eigenvalue weighted by Crippen LogP contribution is 2.57. The van der Waals surface area contributed by atoms with Gasteiger partial charge in [0.2, 0.25) is 5.91 Å². The molecule has 5 rings (SSSR count). The van der Waals surface area contributed by atoms with Gasteiger partial charge in [-0.05, 0) is 66.2 Å². The van der Waals surface area contributed by atoms with Gasteiger partial charge in [-0.25, -0.2) is 8.79 Å². The summed E-state index contributed by atoms with van der Waals surface area (Å²) in [7, 11) is 0. The first-order valence-electron chi connectivity index (χ1n) is 11.5. The molecule has 0 saturated carbocycles. The summed E-state index contributed by atoms with van der Waals surface area (Å²) in [4.78, 5) is 14.0. The maximum Gasteiger partial charge on any atom is 0.409 e. The minimum absolute atomic E-state index is 0.00245. The molecule has 0 radical (unpaired) electrons. The number of rotatable bonds is 5. The van der Waals surface area contributed by atoms with Crippen molar-refractivity contribution >= 4 is 46.8 Å². The van der Waals surface area contributed by atoms with E-state index in [4.69, 9.17) is 32.7 Å². The summed E-state index contributed by atoms with van der Waals surface area (Å²) < 4.78 is 70.2. The van der Waals surface area contributed by atoms with Crippen LogP contribution in [0.1, 0.15) is 42.5 Å². The number of hydrogen-bond donors (Lipinski definition) is 0. The molecule has 2 aromatic carbocycles. The zero-order valence-electron chi connectivity index (χ0n) is 19.8. The molecule has 1 atom stereocenters. The Morgan fingerprint density at radius 3 is 2.51 bits per heavy atom. The molecule has 3 heterocycles. The van der Waals surface area contributed by atoms with Gasteiger partial charge >= 0.3 is 6.18 Å². The van der Waals surface area contributed by atoms with Crippen LogP contribution in [0.5, 0.6) is 0 Å². The Hall–Kier alpha value is -1.85. The largest absolute Gasteiger partial charge is 0.409 e. The van der Waals surface area contributed by atoms with Crippen LogP contribution >= 0.6 is 35.1 Å². The number of nitrogens with zero attached hydrogens (tertiary/aromatic N) is 2. The first-order chi connectivity index (χ1) is 17.3. The summed E-state index contributed by atoms with van der Waals surface area (Å²) in [5, 5.41) is -0.965. The lowest BCUT2D eigenvalue weighted by Crippen LogP contribution is -2.61. The average Bonchev–Trinajstić information content (AvgIpc) is 3.42. The Labute approximate surface area is 225 Å². The van der Waals surface area contributed by atoms with Gasteiger partial charge in [-0.3, -0.25) is 4.79 Å². The van der Waals surface area contributed by atoms with Crippen LogP contribution in [0.2, 0.25) is 10.0 Å². The van der Waals surface area contributed by atoms with Crippen molar-refractivity contribution in [1.82, 2.24) is 4.90 Å². The normalized spacial score (nSPS) is 22.4. The van der Waals surface area contributed by atoms with Crippen LogP contribution in [0.25, 0.3) is 0 Å². The molecule has 0 N–H and O–H groups in total. The van der Waals surface area contributed by atoms with Crippen LogP contribution in [0.3, 0.4) is 0 Å². The third-order valence-electron chi connectivity index (χ3n) is 6.85. The van der Waals surface area contributed by atoms with E-state index in [0.29, 0.717) is 30.6 Å². The number of hydrogen-bond acceptors (Lipinski definition) is 5. The van der Waals surface area contributed by atoms with E-state index in [1.165, 1.54) is 0 Å². The Bertz CT molecular complexity index is 1270. The third kappa shape index (κ3) is 4.54. The van der Waals surface area contributed by atoms with Crippen molar-refractivity contribution in [2.75, 3.05) is 19.7 Å². The van der Waals surface area contributed by atoms with Crippen molar-refractivity contribution in [1.29, 1.82) is 0 Å².